The van der Waals surface area contributed by atoms with Crippen LogP contribution in [0.5, 0.6) is 0 Å². The van der Waals surface area contributed by atoms with Crippen LogP contribution in [-0.2, 0) is 10.8 Å². The third kappa shape index (κ3) is 7.18. The Bertz CT molecular complexity index is 2710. The summed E-state index contributed by atoms with van der Waals surface area (Å²) in [7, 11) is 0. The molecule has 10 aromatic rings. The molecular formula is C62H47N. The normalized spacial score (nSPS) is 11.6. The van der Waals surface area contributed by atoms with E-state index in [4.69, 9.17) is 4.98 Å². The number of benzene rings is 9. The lowest BCUT2D eigenvalue weighted by atomic mass is 9.65. The van der Waals surface area contributed by atoms with Crippen molar-refractivity contribution in [1.29, 1.82) is 0 Å². The lowest BCUT2D eigenvalue weighted by Crippen LogP contribution is -2.31. The molecule has 300 valence electrons. The van der Waals surface area contributed by atoms with E-state index in [2.05, 4.69) is 274 Å². The van der Waals surface area contributed by atoms with E-state index in [1.54, 1.807) is 0 Å². The first-order valence-corrected chi connectivity index (χ1v) is 21.8. The zero-order valence-corrected chi connectivity index (χ0v) is 35.4. The molecule has 0 amide bonds. The van der Waals surface area contributed by atoms with Gasteiger partial charge in [-0.15, -0.1) is 0 Å². The van der Waals surface area contributed by atoms with E-state index in [1.807, 2.05) is 0 Å². The number of hydrogen-bond donors (Lipinski definition) is 0. The molecule has 0 spiro atoms. The monoisotopic (exact) mass is 805 g/mol. The van der Waals surface area contributed by atoms with Crippen molar-refractivity contribution in [2.45, 2.75) is 17.8 Å². The van der Waals surface area contributed by atoms with Crippen LogP contribution >= 0.6 is 0 Å². The molecule has 0 radical (unpaired) electrons. The molecule has 0 aliphatic heterocycles. The van der Waals surface area contributed by atoms with E-state index in [0.717, 1.165) is 28.1 Å². The summed E-state index contributed by atoms with van der Waals surface area (Å²) in [5.41, 5.74) is 15.9. The van der Waals surface area contributed by atoms with Crippen molar-refractivity contribution in [1.82, 2.24) is 4.98 Å². The summed E-state index contributed by atoms with van der Waals surface area (Å²) in [4.78, 5) is 5.61. The Kier molecular flexibility index (Phi) is 10.8. The average molecular weight is 806 g/mol. The van der Waals surface area contributed by atoms with Gasteiger partial charge in [-0.3, -0.25) is 0 Å². The second kappa shape index (κ2) is 17.2. The topological polar surface area (TPSA) is 12.9 Å². The second-order valence-electron chi connectivity index (χ2n) is 16.3. The van der Waals surface area contributed by atoms with Crippen LogP contribution in [0.4, 0.5) is 0 Å². The van der Waals surface area contributed by atoms with Crippen molar-refractivity contribution in [3.63, 3.8) is 0 Å². The predicted molar refractivity (Wildman–Crippen MR) is 262 cm³/mol. The standard InChI is InChI=1S/C62H47N/c1-46-24-20-21-41-58(46)49-44-59(47-25-22-39-56(42-47)61(50-27-8-2-9-28-50,51-29-10-3-11-30-51)52-31-12-4-13-32-52)63-60(45-49)48-26-23-40-57(43-48)62(53-33-14-5-15-34-53,54-35-16-6-17-36-54)55-37-18-7-19-38-55/h2-45H,1H3. The first-order chi connectivity index (χ1) is 31.2. The number of aromatic nitrogens is 1. The summed E-state index contributed by atoms with van der Waals surface area (Å²) >= 11 is 0. The second-order valence-corrected chi connectivity index (χ2v) is 16.3. The maximum absolute atomic E-state index is 5.61. The van der Waals surface area contributed by atoms with Crippen LogP contribution in [0.25, 0.3) is 33.6 Å². The Hall–Kier alpha value is -7.87. The lowest BCUT2D eigenvalue weighted by molar-refractivity contribution is 0.745. The SMILES string of the molecule is Cc1ccccc1-c1cc(-c2cccc(C(c3ccccc3)(c3ccccc3)c3ccccc3)c2)nc(-c2cccc(C(c3ccccc3)(c3ccccc3)c3ccccc3)c2)c1. The van der Waals surface area contributed by atoms with Gasteiger partial charge in [0.25, 0.3) is 0 Å². The molecule has 0 unspecified atom stereocenters. The molecule has 0 atom stereocenters. The lowest BCUT2D eigenvalue weighted by Gasteiger charge is -2.37. The molecule has 0 fully saturated rings. The summed E-state index contributed by atoms with van der Waals surface area (Å²) in [6.07, 6.45) is 0. The molecule has 0 saturated carbocycles. The number of pyridine rings is 1. The predicted octanol–water partition coefficient (Wildman–Crippen LogP) is 15.2. The molecule has 10 rings (SSSR count). The fourth-order valence-electron chi connectivity index (χ4n) is 9.83. The molecule has 0 bridgehead atoms. The maximum atomic E-state index is 5.61. The van der Waals surface area contributed by atoms with Gasteiger partial charge in [0, 0.05) is 11.1 Å². The van der Waals surface area contributed by atoms with Gasteiger partial charge in [0.2, 0.25) is 0 Å². The zero-order valence-electron chi connectivity index (χ0n) is 35.4. The van der Waals surface area contributed by atoms with Gasteiger partial charge in [0.1, 0.15) is 0 Å². The zero-order chi connectivity index (χ0) is 42.5. The summed E-state index contributed by atoms with van der Waals surface area (Å²) in [5.74, 6) is 0. The molecule has 1 heteroatoms. The number of nitrogens with zero attached hydrogens (tertiary/aromatic N) is 1. The summed E-state index contributed by atoms with van der Waals surface area (Å²) in [6.45, 7) is 2.19. The quantitative estimate of drug-likeness (QED) is 0.119. The van der Waals surface area contributed by atoms with Gasteiger partial charge in [-0.2, -0.15) is 0 Å². The van der Waals surface area contributed by atoms with E-state index in [-0.39, 0.29) is 0 Å². The molecule has 1 aromatic heterocycles. The van der Waals surface area contributed by atoms with Crippen LogP contribution in [0.15, 0.2) is 267 Å². The first kappa shape index (κ1) is 39.3. The molecule has 0 N–H and O–H groups in total. The molecule has 0 aliphatic rings. The molecule has 1 heterocycles. The van der Waals surface area contributed by atoms with Crippen LogP contribution < -0.4 is 0 Å². The average Bonchev–Trinajstić information content (AvgIpc) is 3.37. The van der Waals surface area contributed by atoms with Crippen molar-refractivity contribution in [2.24, 2.45) is 0 Å². The van der Waals surface area contributed by atoms with Gasteiger partial charge in [0.15, 0.2) is 0 Å². The van der Waals surface area contributed by atoms with Gasteiger partial charge >= 0.3 is 0 Å². The minimum absolute atomic E-state index is 0.583. The van der Waals surface area contributed by atoms with E-state index >= 15 is 0 Å². The molecule has 0 saturated heterocycles. The Morgan fingerprint density at radius 1 is 0.254 bits per heavy atom. The minimum Gasteiger partial charge on any atom is -0.248 e. The highest BCUT2D eigenvalue weighted by Crippen LogP contribution is 2.48. The fraction of sp³-hybridized carbons (Fsp3) is 0.0484. The maximum Gasteiger partial charge on any atom is 0.0715 e. The highest BCUT2D eigenvalue weighted by atomic mass is 14.7. The Balaban J connectivity index is 1.21. The molecule has 63 heavy (non-hydrogen) atoms. The first-order valence-electron chi connectivity index (χ1n) is 21.8. The third-order valence-electron chi connectivity index (χ3n) is 12.7. The number of hydrogen-bond acceptors (Lipinski definition) is 1. The van der Waals surface area contributed by atoms with Crippen LogP contribution in [0.1, 0.15) is 50.1 Å². The van der Waals surface area contributed by atoms with Crippen LogP contribution in [0.2, 0.25) is 0 Å². The highest BCUT2D eigenvalue weighted by molar-refractivity contribution is 5.79. The van der Waals surface area contributed by atoms with Crippen molar-refractivity contribution in [3.05, 3.63) is 317 Å². The van der Waals surface area contributed by atoms with Crippen LogP contribution in [0, 0.1) is 6.92 Å². The van der Waals surface area contributed by atoms with Crippen molar-refractivity contribution >= 4 is 0 Å². The molecule has 0 aliphatic carbocycles. The van der Waals surface area contributed by atoms with Gasteiger partial charge < -0.3 is 0 Å². The van der Waals surface area contributed by atoms with Gasteiger partial charge in [-0.25, -0.2) is 4.98 Å². The van der Waals surface area contributed by atoms with Crippen molar-refractivity contribution in [2.75, 3.05) is 0 Å². The van der Waals surface area contributed by atoms with Crippen LogP contribution in [-0.4, -0.2) is 4.98 Å². The van der Waals surface area contributed by atoms with Gasteiger partial charge in [0.05, 0.1) is 22.2 Å². The summed E-state index contributed by atoms with van der Waals surface area (Å²) in [5, 5.41) is 0. The van der Waals surface area contributed by atoms with E-state index in [1.165, 1.54) is 55.6 Å². The Morgan fingerprint density at radius 3 is 0.857 bits per heavy atom. The summed E-state index contributed by atoms with van der Waals surface area (Å²) < 4.78 is 0. The van der Waals surface area contributed by atoms with E-state index < -0.39 is 10.8 Å². The number of rotatable bonds is 11. The van der Waals surface area contributed by atoms with Gasteiger partial charge in [-0.05, 0) is 92.4 Å². The Morgan fingerprint density at radius 2 is 0.540 bits per heavy atom. The largest absolute Gasteiger partial charge is 0.248 e. The number of aryl methyl sites for hydroxylation is 1. The Labute approximate surface area is 371 Å². The third-order valence-corrected chi connectivity index (χ3v) is 12.7. The smallest absolute Gasteiger partial charge is 0.0715 e. The van der Waals surface area contributed by atoms with E-state index in [0.29, 0.717) is 0 Å². The van der Waals surface area contributed by atoms with Crippen molar-refractivity contribution < 1.29 is 0 Å². The van der Waals surface area contributed by atoms with Crippen LogP contribution in [0.3, 0.4) is 0 Å². The molecular weight excluding hydrogens is 759 g/mol. The van der Waals surface area contributed by atoms with Crippen molar-refractivity contribution in [3.8, 4) is 33.6 Å². The van der Waals surface area contributed by atoms with Gasteiger partial charge in [-0.1, -0.05) is 243 Å². The summed E-state index contributed by atoms with van der Waals surface area (Å²) in [6, 6.07) is 96.8. The molecule has 9 aromatic carbocycles. The van der Waals surface area contributed by atoms with E-state index in [9.17, 15) is 0 Å². The minimum atomic E-state index is -0.583. The highest BCUT2D eigenvalue weighted by Gasteiger charge is 2.40. The molecule has 1 nitrogen and oxygen atoms in total. The fourth-order valence-corrected chi connectivity index (χ4v) is 9.83.